The summed E-state index contributed by atoms with van der Waals surface area (Å²) in [4.78, 5) is 40.7. The van der Waals surface area contributed by atoms with Crippen LogP contribution in [-0.4, -0.2) is 22.4 Å². The summed E-state index contributed by atoms with van der Waals surface area (Å²) in [6, 6.07) is 6.25. The first kappa shape index (κ1) is 19.7. The van der Waals surface area contributed by atoms with Gasteiger partial charge in [0.25, 0.3) is 0 Å². The van der Waals surface area contributed by atoms with E-state index in [1.165, 1.54) is 12.1 Å². The molecule has 1 amide bonds. The van der Waals surface area contributed by atoms with Gasteiger partial charge in [-0.15, -0.1) is 0 Å². The monoisotopic (exact) mass is 409 g/mol. The Kier molecular flexibility index (Phi) is 4.32. The van der Waals surface area contributed by atoms with E-state index >= 15 is 0 Å². The third-order valence-electron chi connectivity index (χ3n) is 8.53. The van der Waals surface area contributed by atoms with E-state index in [1.54, 1.807) is 12.1 Å². The fraction of sp³-hybridized carbons (Fsp3) is 0.560. The molecule has 3 aliphatic carbocycles. The largest absolute Gasteiger partial charge is 0.312 e. The summed E-state index contributed by atoms with van der Waals surface area (Å²) in [6.07, 6.45) is 5.77. The van der Waals surface area contributed by atoms with Gasteiger partial charge in [-0.25, -0.2) is 4.39 Å². The third-order valence-corrected chi connectivity index (χ3v) is 8.53. The second kappa shape index (κ2) is 6.60. The van der Waals surface area contributed by atoms with Gasteiger partial charge in [0.05, 0.1) is 6.54 Å². The van der Waals surface area contributed by atoms with E-state index in [-0.39, 0.29) is 46.5 Å². The topological polar surface area (TPSA) is 54.5 Å². The summed E-state index contributed by atoms with van der Waals surface area (Å²) in [6.45, 7) is 4.52. The highest BCUT2D eigenvalue weighted by Gasteiger charge is 2.62. The van der Waals surface area contributed by atoms with Crippen molar-refractivity contribution in [1.29, 1.82) is 0 Å². The zero-order valence-electron chi connectivity index (χ0n) is 17.6. The fourth-order valence-corrected chi connectivity index (χ4v) is 7.01. The summed E-state index contributed by atoms with van der Waals surface area (Å²) in [5.74, 6) is 0.503. The quantitative estimate of drug-likeness (QED) is 0.726. The Morgan fingerprint density at radius 2 is 1.80 bits per heavy atom. The number of halogens is 1. The van der Waals surface area contributed by atoms with Crippen molar-refractivity contribution >= 4 is 17.5 Å². The predicted octanol–water partition coefficient (Wildman–Crippen LogP) is 4.43. The van der Waals surface area contributed by atoms with Crippen molar-refractivity contribution in [2.75, 3.05) is 0 Å². The van der Waals surface area contributed by atoms with Crippen LogP contribution in [0.25, 0.3) is 0 Å². The second-order valence-corrected chi connectivity index (χ2v) is 10.1. The highest BCUT2D eigenvalue weighted by Crippen LogP contribution is 2.62. The van der Waals surface area contributed by atoms with Crippen molar-refractivity contribution in [3.05, 3.63) is 47.4 Å². The van der Waals surface area contributed by atoms with Crippen molar-refractivity contribution in [1.82, 2.24) is 4.90 Å². The molecule has 5 heteroatoms. The molecule has 1 aliphatic heterocycles. The van der Waals surface area contributed by atoms with Crippen LogP contribution < -0.4 is 0 Å². The van der Waals surface area contributed by atoms with Gasteiger partial charge in [0.1, 0.15) is 17.4 Å². The van der Waals surface area contributed by atoms with E-state index in [1.807, 2.05) is 11.8 Å². The summed E-state index contributed by atoms with van der Waals surface area (Å²) < 4.78 is 13.3. The molecule has 1 aromatic carbocycles. The molecule has 3 fully saturated rings. The van der Waals surface area contributed by atoms with Gasteiger partial charge in [-0.2, -0.15) is 0 Å². The Morgan fingerprint density at radius 1 is 1.07 bits per heavy atom. The second-order valence-electron chi connectivity index (χ2n) is 10.1. The molecule has 158 valence electrons. The number of ketones is 2. The number of fused-ring (bicyclic) bond motifs is 5. The van der Waals surface area contributed by atoms with Gasteiger partial charge in [0.2, 0.25) is 5.91 Å². The average molecular weight is 410 g/mol. The molecule has 5 rings (SSSR count). The number of carbonyl (C=O) groups is 3. The standard InChI is InChI=1S/C25H28FNO3/c1-24-12-11-22(30)27(14-15-3-5-16(26)6-4-15)20(24)9-7-17-18-8-10-21(29)25(18,2)13-19(28)23(17)24/h3-6,9,17-18,23H,7-8,10-14H2,1-2H3/t17-,18?,23+,24?,25?/m0/s1. The minimum atomic E-state index is -0.502. The average Bonchev–Trinajstić information content (AvgIpc) is 3.00. The van der Waals surface area contributed by atoms with Crippen LogP contribution in [0.3, 0.4) is 0 Å². The van der Waals surface area contributed by atoms with Crippen LogP contribution >= 0.6 is 0 Å². The Hall–Kier alpha value is -2.30. The molecule has 0 radical (unpaired) electrons. The minimum Gasteiger partial charge on any atom is -0.312 e. The third kappa shape index (κ3) is 2.67. The highest BCUT2D eigenvalue weighted by molar-refractivity contribution is 5.96. The molecular weight excluding hydrogens is 381 g/mol. The van der Waals surface area contributed by atoms with Crippen LogP contribution in [0, 0.1) is 34.4 Å². The smallest absolute Gasteiger partial charge is 0.227 e. The maximum atomic E-state index is 13.4. The molecule has 30 heavy (non-hydrogen) atoms. The number of hydrogen-bond donors (Lipinski definition) is 0. The number of Topliss-reactive ketones (excluding diaryl/α,β-unsaturated/α-hetero) is 2. The number of carbonyl (C=O) groups excluding carboxylic acids is 3. The van der Waals surface area contributed by atoms with Crippen LogP contribution in [-0.2, 0) is 20.9 Å². The fourth-order valence-electron chi connectivity index (χ4n) is 7.01. The lowest BCUT2D eigenvalue weighted by Crippen LogP contribution is -2.57. The Balaban J connectivity index is 1.52. The lowest BCUT2D eigenvalue weighted by molar-refractivity contribution is -0.152. The Morgan fingerprint density at radius 3 is 2.53 bits per heavy atom. The number of allylic oxidation sites excluding steroid dienone is 2. The maximum Gasteiger partial charge on any atom is 0.227 e. The Labute approximate surface area is 176 Å². The van der Waals surface area contributed by atoms with Crippen molar-refractivity contribution in [2.45, 2.75) is 58.9 Å². The maximum absolute atomic E-state index is 13.4. The van der Waals surface area contributed by atoms with Crippen molar-refractivity contribution < 1.29 is 18.8 Å². The van der Waals surface area contributed by atoms with E-state index in [0.29, 0.717) is 32.2 Å². The zero-order valence-corrected chi connectivity index (χ0v) is 17.6. The number of hydrogen-bond acceptors (Lipinski definition) is 3. The van der Waals surface area contributed by atoms with Gasteiger partial charge in [-0.05, 0) is 48.8 Å². The SMILES string of the molecule is CC12CC(=O)[C@H]3[C@@H](CC=C4N(Cc5ccc(F)cc5)C(=O)CCC43C)C1CCC2=O. The van der Waals surface area contributed by atoms with E-state index in [0.717, 1.165) is 24.1 Å². The van der Waals surface area contributed by atoms with Gasteiger partial charge in [0, 0.05) is 41.7 Å². The summed E-state index contributed by atoms with van der Waals surface area (Å²) in [5, 5.41) is 0. The number of benzene rings is 1. The first-order valence-electron chi connectivity index (χ1n) is 11.1. The Bertz CT molecular complexity index is 967. The van der Waals surface area contributed by atoms with E-state index in [9.17, 15) is 18.8 Å². The summed E-state index contributed by atoms with van der Waals surface area (Å²) >= 11 is 0. The van der Waals surface area contributed by atoms with Crippen molar-refractivity contribution in [3.8, 4) is 0 Å². The van der Waals surface area contributed by atoms with E-state index in [4.69, 9.17) is 0 Å². The highest BCUT2D eigenvalue weighted by atomic mass is 19.1. The lowest BCUT2D eigenvalue weighted by Gasteiger charge is -2.56. The van der Waals surface area contributed by atoms with Crippen molar-refractivity contribution in [2.24, 2.45) is 28.6 Å². The van der Waals surface area contributed by atoms with Crippen LogP contribution in [0.4, 0.5) is 4.39 Å². The van der Waals surface area contributed by atoms with Gasteiger partial charge < -0.3 is 4.90 Å². The molecule has 0 N–H and O–H groups in total. The first-order chi connectivity index (χ1) is 14.2. The molecular formula is C25H28FNO3. The molecule has 4 aliphatic rings. The van der Waals surface area contributed by atoms with Gasteiger partial charge in [0.15, 0.2) is 0 Å². The molecule has 3 unspecified atom stereocenters. The minimum absolute atomic E-state index is 0.0608. The van der Waals surface area contributed by atoms with Crippen LogP contribution in [0.1, 0.15) is 57.9 Å². The summed E-state index contributed by atoms with van der Waals surface area (Å²) in [5.41, 5.74) is 0.936. The van der Waals surface area contributed by atoms with Crippen LogP contribution in [0.15, 0.2) is 36.0 Å². The van der Waals surface area contributed by atoms with Gasteiger partial charge in [-0.1, -0.05) is 32.1 Å². The zero-order chi connectivity index (χ0) is 21.3. The number of nitrogens with zero attached hydrogens (tertiary/aromatic N) is 1. The molecule has 1 heterocycles. The normalized spacial score (nSPS) is 38.1. The van der Waals surface area contributed by atoms with E-state index < -0.39 is 5.41 Å². The number of amides is 1. The van der Waals surface area contributed by atoms with Gasteiger partial charge >= 0.3 is 0 Å². The molecule has 2 saturated carbocycles. The van der Waals surface area contributed by atoms with Crippen LogP contribution in [0.5, 0.6) is 0 Å². The molecule has 0 bridgehead atoms. The molecule has 5 atom stereocenters. The van der Waals surface area contributed by atoms with Gasteiger partial charge in [-0.3, -0.25) is 14.4 Å². The first-order valence-corrected chi connectivity index (χ1v) is 11.1. The van der Waals surface area contributed by atoms with E-state index in [2.05, 4.69) is 13.0 Å². The lowest BCUT2D eigenvalue weighted by atomic mass is 9.49. The molecule has 0 aromatic heterocycles. The van der Waals surface area contributed by atoms with Crippen LogP contribution in [0.2, 0.25) is 0 Å². The molecule has 1 saturated heterocycles. The summed E-state index contributed by atoms with van der Waals surface area (Å²) in [7, 11) is 0. The molecule has 0 spiro atoms. The molecule has 1 aromatic rings. The number of likely N-dealkylation sites (tertiary alicyclic amines) is 1. The number of rotatable bonds is 2. The van der Waals surface area contributed by atoms with Crippen molar-refractivity contribution in [3.63, 3.8) is 0 Å². The number of piperidine rings is 1. The molecule has 4 nitrogen and oxygen atoms in total. The predicted molar refractivity (Wildman–Crippen MR) is 109 cm³/mol.